The summed E-state index contributed by atoms with van der Waals surface area (Å²) in [4.78, 5) is 29.8. The van der Waals surface area contributed by atoms with Crippen LogP contribution >= 0.6 is 0 Å². The van der Waals surface area contributed by atoms with Crippen molar-refractivity contribution in [2.24, 2.45) is 0 Å². The van der Waals surface area contributed by atoms with Crippen LogP contribution in [0, 0.1) is 6.92 Å². The maximum atomic E-state index is 14.3. The van der Waals surface area contributed by atoms with E-state index in [0.29, 0.717) is 17.9 Å². The molecule has 8 nitrogen and oxygen atoms in total. The van der Waals surface area contributed by atoms with E-state index in [0.717, 1.165) is 59.4 Å². The first-order valence-electron chi connectivity index (χ1n) is 14.5. The second-order valence-electron chi connectivity index (χ2n) is 11.0. The monoisotopic (exact) mass is 591 g/mol. The van der Waals surface area contributed by atoms with E-state index in [1.807, 2.05) is 73.7 Å². The van der Waals surface area contributed by atoms with Gasteiger partial charge in [0, 0.05) is 19.0 Å². The third kappa shape index (κ3) is 8.35. The molecule has 224 valence electrons. The fraction of sp³-hybridized carbons (Fsp3) is 0.394. The summed E-state index contributed by atoms with van der Waals surface area (Å²) in [5.41, 5.74) is 2.84. The number of anilines is 1. The molecule has 3 aromatic rings. The second kappa shape index (κ2) is 14.4. The lowest BCUT2D eigenvalue weighted by Crippen LogP contribution is -2.55. The van der Waals surface area contributed by atoms with Gasteiger partial charge in [-0.05, 0) is 54.7 Å². The van der Waals surface area contributed by atoms with Crippen molar-refractivity contribution < 1.29 is 22.7 Å². The minimum Gasteiger partial charge on any atom is -0.497 e. The number of ether oxygens (including phenoxy) is 1. The summed E-state index contributed by atoms with van der Waals surface area (Å²) >= 11 is 0. The van der Waals surface area contributed by atoms with Crippen molar-refractivity contribution in [1.82, 2.24) is 10.2 Å². The Morgan fingerprint density at radius 1 is 0.929 bits per heavy atom. The lowest BCUT2D eigenvalue weighted by molar-refractivity contribution is -0.140. The molecule has 9 heteroatoms. The summed E-state index contributed by atoms with van der Waals surface area (Å²) in [7, 11) is -2.24. The Labute approximate surface area is 249 Å². The van der Waals surface area contributed by atoms with Crippen LogP contribution in [0.25, 0.3) is 0 Å². The van der Waals surface area contributed by atoms with E-state index in [2.05, 4.69) is 5.32 Å². The van der Waals surface area contributed by atoms with Gasteiger partial charge >= 0.3 is 0 Å². The van der Waals surface area contributed by atoms with E-state index in [1.54, 1.807) is 19.2 Å². The van der Waals surface area contributed by atoms with Crippen LogP contribution in [0.4, 0.5) is 5.69 Å². The molecular formula is C33H41N3O5S. The van der Waals surface area contributed by atoms with Crippen LogP contribution in [0.1, 0.15) is 48.8 Å². The Morgan fingerprint density at radius 3 is 2.26 bits per heavy atom. The van der Waals surface area contributed by atoms with Crippen LogP contribution < -0.4 is 14.4 Å². The number of rotatable bonds is 12. The molecule has 0 unspecified atom stereocenters. The van der Waals surface area contributed by atoms with Crippen LogP contribution in [-0.4, -0.2) is 57.1 Å². The Hall–Kier alpha value is -3.85. The quantitative estimate of drug-likeness (QED) is 0.325. The Morgan fingerprint density at radius 2 is 1.60 bits per heavy atom. The maximum absolute atomic E-state index is 14.3. The van der Waals surface area contributed by atoms with Crippen molar-refractivity contribution >= 4 is 27.5 Å². The lowest BCUT2D eigenvalue weighted by atomic mass is 9.94. The molecule has 0 radical (unpaired) electrons. The molecule has 0 aromatic heterocycles. The summed E-state index contributed by atoms with van der Waals surface area (Å²) in [5.74, 6) is -0.0705. The molecule has 1 aliphatic carbocycles. The van der Waals surface area contributed by atoms with E-state index in [-0.39, 0.29) is 18.5 Å². The molecule has 0 heterocycles. The molecule has 1 N–H and O–H groups in total. The van der Waals surface area contributed by atoms with Crippen molar-refractivity contribution in [1.29, 1.82) is 0 Å². The fourth-order valence-corrected chi connectivity index (χ4v) is 6.41. The lowest BCUT2D eigenvalue weighted by Gasteiger charge is -2.35. The first kappa shape index (κ1) is 31.1. The largest absolute Gasteiger partial charge is 0.497 e. The number of aryl methyl sites for hydroxylation is 1. The highest BCUT2D eigenvalue weighted by Crippen LogP contribution is 2.25. The zero-order chi connectivity index (χ0) is 30.1. The molecule has 2 amide bonds. The van der Waals surface area contributed by atoms with Gasteiger partial charge in [0.1, 0.15) is 18.3 Å². The summed E-state index contributed by atoms with van der Waals surface area (Å²) in [5, 5.41) is 3.22. The average Bonchev–Trinajstić information content (AvgIpc) is 2.98. The Balaban J connectivity index is 1.74. The van der Waals surface area contributed by atoms with Gasteiger partial charge < -0.3 is 15.0 Å². The van der Waals surface area contributed by atoms with Gasteiger partial charge in [-0.25, -0.2) is 8.42 Å². The van der Waals surface area contributed by atoms with E-state index in [4.69, 9.17) is 4.74 Å². The standard InChI is InChI=1S/C33H41N3O5S/c1-25-13-10-11-20-30(25)36(42(3,39)40)24-32(37)35(23-27-16-12-19-29(21-27)41-2)31(22-26-14-6-4-7-15-26)33(38)34-28-17-8-5-9-18-28/h4,6-7,10-16,19-21,28,31H,5,8-9,17-18,22-24H2,1-3H3,(H,34,38)/t31-/m0/s1. The first-order chi connectivity index (χ1) is 20.2. The number of carbonyl (C=O) groups is 2. The van der Waals surface area contributed by atoms with E-state index in [1.165, 1.54) is 4.90 Å². The number of nitrogens with one attached hydrogen (secondary N) is 1. The minimum absolute atomic E-state index is 0.0535. The van der Waals surface area contributed by atoms with Gasteiger partial charge in [0.2, 0.25) is 21.8 Å². The number of sulfonamides is 1. The van der Waals surface area contributed by atoms with Gasteiger partial charge in [-0.2, -0.15) is 0 Å². The number of carbonyl (C=O) groups excluding carboxylic acids is 2. The molecule has 0 saturated heterocycles. The van der Waals surface area contributed by atoms with Crippen molar-refractivity contribution in [2.45, 2.75) is 64.1 Å². The van der Waals surface area contributed by atoms with Crippen molar-refractivity contribution in [3.8, 4) is 5.75 Å². The molecule has 0 spiro atoms. The zero-order valence-electron chi connectivity index (χ0n) is 24.7. The van der Waals surface area contributed by atoms with Crippen LogP contribution in [0.3, 0.4) is 0 Å². The number of nitrogens with zero attached hydrogens (tertiary/aromatic N) is 2. The van der Waals surface area contributed by atoms with Crippen molar-refractivity contribution in [3.63, 3.8) is 0 Å². The smallest absolute Gasteiger partial charge is 0.244 e. The molecule has 42 heavy (non-hydrogen) atoms. The maximum Gasteiger partial charge on any atom is 0.244 e. The van der Waals surface area contributed by atoms with Crippen molar-refractivity contribution in [3.05, 3.63) is 95.6 Å². The minimum atomic E-state index is -3.81. The topological polar surface area (TPSA) is 96.0 Å². The SMILES string of the molecule is COc1cccc(CN(C(=O)CN(c2ccccc2C)S(C)(=O)=O)[C@@H](Cc2ccccc2)C(=O)NC2CCCCC2)c1. The number of hydrogen-bond donors (Lipinski definition) is 1. The number of para-hydroxylation sites is 1. The molecule has 1 aliphatic rings. The summed E-state index contributed by atoms with van der Waals surface area (Å²) < 4.78 is 32.5. The third-order valence-electron chi connectivity index (χ3n) is 7.77. The van der Waals surface area contributed by atoms with E-state index < -0.39 is 28.5 Å². The van der Waals surface area contributed by atoms with Gasteiger partial charge in [-0.1, -0.05) is 79.9 Å². The zero-order valence-corrected chi connectivity index (χ0v) is 25.5. The molecule has 1 atom stereocenters. The molecule has 0 bridgehead atoms. The first-order valence-corrected chi connectivity index (χ1v) is 16.3. The highest BCUT2D eigenvalue weighted by Gasteiger charge is 2.34. The fourth-order valence-electron chi connectivity index (χ4n) is 5.50. The van der Waals surface area contributed by atoms with Gasteiger partial charge in [-0.15, -0.1) is 0 Å². The summed E-state index contributed by atoms with van der Waals surface area (Å²) in [6, 6.07) is 23.2. The number of amides is 2. The molecule has 4 rings (SSSR count). The highest BCUT2D eigenvalue weighted by atomic mass is 32.2. The predicted molar refractivity (Wildman–Crippen MR) is 166 cm³/mol. The van der Waals surface area contributed by atoms with Crippen molar-refractivity contribution in [2.75, 3.05) is 24.2 Å². The normalized spacial score (nSPS) is 14.5. The summed E-state index contributed by atoms with van der Waals surface area (Å²) in [6.07, 6.45) is 6.46. The Bertz CT molecular complexity index is 1460. The molecule has 1 saturated carbocycles. The predicted octanol–water partition coefficient (Wildman–Crippen LogP) is 4.86. The highest BCUT2D eigenvalue weighted by molar-refractivity contribution is 7.92. The van der Waals surface area contributed by atoms with E-state index in [9.17, 15) is 18.0 Å². The molecule has 0 aliphatic heterocycles. The van der Waals surface area contributed by atoms with E-state index >= 15 is 0 Å². The summed E-state index contributed by atoms with van der Waals surface area (Å²) in [6.45, 7) is 1.48. The van der Waals surface area contributed by atoms with Gasteiger partial charge in [0.05, 0.1) is 19.1 Å². The van der Waals surface area contributed by atoms with Crippen LogP contribution in [0.2, 0.25) is 0 Å². The van der Waals surface area contributed by atoms with Crippen LogP contribution in [0.5, 0.6) is 5.75 Å². The average molecular weight is 592 g/mol. The molecule has 3 aromatic carbocycles. The third-order valence-corrected chi connectivity index (χ3v) is 8.90. The number of hydrogen-bond acceptors (Lipinski definition) is 5. The van der Waals surface area contributed by atoms with Gasteiger partial charge in [0.15, 0.2) is 0 Å². The Kier molecular flexibility index (Phi) is 10.6. The number of benzene rings is 3. The van der Waals surface area contributed by atoms with Gasteiger partial charge in [-0.3, -0.25) is 13.9 Å². The molecular weight excluding hydrogens is 550 g/mol. The second-order valence-corrected chi connectivity index (χ2v) is 12.9. The van der Waals surface area contributed by atoms with Crippen LogP contribution in [-0.2, 0) is 32.6 Å². The molecule has 1 fully saturated rings. The number of methoxy groups -OCH3 is 1. The van der Waals surface area contributed by atoms with Gasteiger partial charge in [0.25, 0.3) is 0 Å². The van der Waals surface area contributed by atoms with Crippen LogP contribution in [0.15, 0.2) is 78.9 Å².